The molecule has 1 aliphatic heterocycles. The second-order valence-corrected chi connectivity index (χ2v) is 5.10. The number of likely N-dealkylation sites (tertiary alicyclic amines) is 1. The number of carbonyl (C=O) groups is 2. The molecule has 1 amide bonds. The summed E-state index contributed by atoms with van der Waals surface area (Å²) in [5, 5.41) is 18.6. The molecule has 5 heteroatoms. The van der Waals surface area contributed by atoms with Crippen molar-refractivity contribution in [1.82, 2.24) is 4.90 Å². The molecule has 1 fully saturated rings. The standard InChI is InChI=1S/C15H19NO4/c17-13-7-2-1-6-12(13)15(20)16-10-4-3-5-11(16)8-9-14(18)19/h1-2,6-7,11,17H,3-5,8-10H2,(H,18,19). The first-order valence-corrected chi connectivity index (χ1v) is 6.90. The number of phenols is 1. The minimum Gasteiger partial charge on any atom is -0.507 e. The van der Waals surface area contributed by atoms with Crippen molar-refractivity contribution in [2.75, 3.05) is 6.54 Å². The summed E-state index contributed by atoms with van der Waals surface area (Å²) in [5.74, 6) is -1.08. The lowest BCUT2D eigenvalue weighted by Crippen LogP contribution is -2.44. The van der Waals surface area contributed by atoms with E-state index in [2.05, 4.69) is 0 Å². The maximum absolute atomic E-state index is 12.5. The Bertz CT molecular complexity index is 500. The number of rotatable bonds is 4. The lowest BCUT2D eigenvalue weighted by Gasteiger charge is -2.35. The summed E-state index contributed by atoms with van der Waals surface area (Å²) in [7, 11) is 0. The molecule has 0 radical (unpaired) electrons. The zero-order valence-corrected chi connectivity index (χ0v) is 11.3. The van der Waals surface area contributed by atoms with E-state index < -0.39 is 5.97 Å². The van der Waals surface area contributed by atoms with Gasteiger partial charge in [-0.15, -0.1) is 0 Å². The summed E-state index contributed by atoms with van der Waals surface area (Å²) in [5.41, 5.74) is 0.287. The molecule has 1 atom stereocenters. The van der Waals surface area contributed by atoms with Crippen molar-refractivity contribution in [3.05, 3.63) is 29.8 Å². The van der Waals surface area contributed by atoms with Gasteiger partial charge in [-0.3, -0.25) is 9.59 Å². The third kappa shape index (κ3) is 3.29. The summed E-state index contributed by atoms with van der Waals surface area (Å²) < 4.78 is 0. The van der Waals surface area contributed by atoms with Crippen LogP contribution in [0.2, 0.25) is 0 Å². The summed E-state index contributed by atoms with van der Waals surface area (Å²) >= 11 is 0. The predicted molar refractivity (Wildman–Crippen MR) is 73.7 cm³/mol. The smallest absolute Gasteiger partial charge is 0.303 e. The Morgan fingerprint density at radius 1 is 1.25 bits per heavy atom. The fraction of sp³-hybridized carbons (Fsp3) is 0.467. The molecule has 1 aliphatic rings. The van der Waals surface area contributed by atoms with Crippen LogP contribution in [0.1, 0.15) is 42.5 Å². The highest BCUT2D eigenvalue weighted by Crippen LogP contribution is 2.25. The highest BCUT2D eigenvalue weighted by molar-refractivity contribution is 5.97. The number of carboxylic acid groups (broad SMARTS) is 1. The van der Waals surface area contributed by atoms with Crippen LogP contribution in [0.5, 0.6) is 5.75 Å². The fourth-order valence-corrected chi connectivity index (χ4v) is 2.67. The number of aromatic hydroxyl groups is 1. The molecule has 1 heterocycles. The first-order chi connectivity index (χ1) is 9.59. The van der Waals surface area contributed by atoms with E-state index in [0.717, 1.165) is 19.3 Å². The van der Waals surface area contributed by atoms with Crippen LogP contribution in [0.15, 0.2) is 24.3 Å². The highest BCUT2D eigenvalue weighted by atomic mass is 16.4. The maximum atomic E-state index is 12.5. The molecule has 1 unspecified atom stereocenters. The van der Waals surface area contributed by atoms with Crippen LogP contribution in [0.3, 0.4) is 0 Å². The van der Waals surface area contributed by atoms with Crippen molar-refractivity contribution in [1.29, 1.82) is 0 Å². The van der Waals surface area contributed by atoms with E-state index >= 15 is 0 Å². The van der Waals surface area contributed by atoms with Crippen molar-refractivity contribution in [2.45, 2.75) is 38.1 Å². The number of hydrogen-bond acceptors (Lipinski definition) is 3. The fourth-order valence-electron chi connectivity index (χ4n) is 2.67. The van der Waals surface area contributed by atoms with Crippen LogP contribution in [-0.2, 0) is 4.79 Å². The average Bonchev–Trinajstić information content (AvgIpc) is 2.45. The quantitative estimate of drug-likeness (QED) is 0.884. The van der Waals surface area contributed by atoms with Gasteiger partial charge in [-0.25, -0.2) is 0 Å². The number of piperidine rings is 1. The van der Waals surface area contributed by atoms with Gasteiger partial charge >= 0.3 is 5.97 Å². The largest absolute Gasteiger partial charge is 0.507 e. The molecule has 20 heavy (non-hydrogen) atoms. The second kappa shape index (κ2) is 6.41. The predicted octanol–water partition coefficient (Wildman–Crippen LogP) is 2.25. The highest BCUT2D eigenvalue weighted by Gasteiger charge is 2.28. The van der Waals surface area contributed by atoms with E-state index in [1.54, 1.807) is 23.1 Å². The molecule has 5 nitrogen and oxygen atoms in total. The Morgan fingerprint density at radius 3 is 2.70 bits per heavy atom. The molecule has 2 N–H and O–H groups in total. The van der Waals surface area contributed by atoms with Crippen molar-refractivity contribution in [2.24, 2.45) is 0 Å². The summed E-state index contributed by atoms with van der Waals surface area (Å²) in [6.45, 7) is 0.622. The summed E-state index contributed by atoms with van der Waals surface area (Å²) in [4.78, 5) is 24.9. The van der Waals surface area contributed by atoms with Crippen LogP contribution < -0.4 is 0 Å². The number of nitrogens with zero attached hydrogens (tertiary/aromatic N) is 1. The molecule has 1 aromatic rings. The lowest BCUT2D eigenvalue weighted by atomic mass is 9.96. The van der Waals surface area contributed by atoms with Crippen LogP contribution in [-0.4, -0.2) is 39.6 Å². The van der Waals surface area contributed by atoms with Gasteiger partial charge in [0.2, 0.25) is 0 Å². The number of para-hydroxylation sites is 1. The number of hydrogen-bond donors (Lipinski definition) is 2. The number of phenolic OH excluding ortho intramolecular Hbond substituents is 1. The number of aliphatic carboxylic acids is 1. The van der Waals surface area contributed by atoms with Gasteiger partial charge in [-0.1, -0.05) is 12.1 Å². The van der Waals surface area contributed by atoms with Crippen molar-refractivity contribution in [3.63, 3.8) is 0 Å². The molecule has 0 bridgehead atoms. The third-order valence-electron chi connectivity index (χ3n) is 3.71. The minimum absolute atomic E-state index is 0.0277. The molecule has 108 valence electrons. The minimum atomic E-state index is -0.842. The third-order valence-corrected chi connectivity index (χ3v) is 3.71. The Hall–Kier alpha value is -2.04. The van der Waals surface area contributed by atoms with Gasteiger partial charge < -0.3 is 15.1 Å². The van der Waals surface area contributed by atoms with Gasteiger partial charge in [0, 0.05) is 19.0 Å². The normalized spacial score (nSPS) is 18.8. The molecule has 0 spiro atoms. The Morgan fingerprint density at radius 2 is 2.00 bits per heavy atom. The molecule has 0 aliphatic carbocycles. The molecule has 0 saturated carbocycles. The topological polar surface area (TPSA) is 77.8 Å². The van der Waals surface area contributed by atoms with E-state index in [0.29, 0.717) is 13.0 Å². The van der Waals surface area contributed by atoms with Crippen LogP contribution in [0.25, 0.3) is 0 Å². The van der Waals surface area contributed by atoms with E-state index in [1.807, 2.05) is 0 Å². The van der Waals surface area contributed by atoms with Gasteiger partial charge in [0.05, 0.1) is 5.56 Å². The van der Waals surface area contributed by atoms with Crippen molar-refractivity contribution >= 4 is 11.9 Å². The van der Waals surface area contributed by atoms with E-state index in [4.69, 9.17) is 5.11 Å². The van der Waals surface area contributed by atoms with Crippen LogP contribution in [0.4, 0.5) is 0 Å². The molecule has 2 rings (SSSR count). The summed E-state index contributed by atoms with van der Waals surface area (Å²) in [6.07, 6.45) is 3.29. The van der Waals surface area contributed by atoms with E-state index in [-0.39, 0.29) is 29.7 Å². The van der Waals surface area contributed by atoms with Crippen molar-refractivity contribution < 1.29 is 19.8 Å². The zero-order chi connectivity index (χ0) is 14.5. The first-order valence-electron chi connectivity index (χ1n) is 6.90. The van der Waals surface area contributed by atoms with Crippen LogP contribution >= 0.6 is 0 Å². The second-order valence-electron chi connectivity index (χ2n) is 5.10. The lowest BCUT2D eigenvalue weighted by molar-refractivity contribution is -0.137. The Kier molecular flexibility index (Phi) is 4.61. The first kappa shape index (κ1) is 14.4. The monoisotopic (exact) mass is 277 g/mol. The zero-order valence-electron chi connectivity index (χ0n) is 11.3. The van der Waals surface area contributed by atoms with Gasteiger partial charge in [0.25, 0.3) is 5.91 Å². The van der Waals surface area contributed by atoms with Gasteiger partial charge in [0.15, 0.2) is 0 Å². The SMILES string of the molecule is O=C(O)CCC1CCCCN1C(=O)c1ccccc1O. The molecular formula is C15H19NO4. The Labute approximate surface area is 117 Å². The molecular weight excluding hydrogens is 258 g/mol. The molecule has 1 saturated heterocycles. The van der Waals surface area contributed by atoms with Crippen LogP contribution in [0, 0.1) is 0 Å². The maximum Gasteiger partial charge on any atom is 0.303 e. The van der Waals surface area contributed by atoms with Gasteiger partial charge in [-0.2, -0.15) is 0 Å². The Balaban J connectivity index is 2.13. The number of benzene rings is 1. The number of carbonyl (C=O) groups excluding carboxylic acids is 1. The molecule has 1 aromatic carbocycles. The van der Waals surface area contributed by atoms with Gasteiger partial charge in [-0.05, 0) is 37.8 Å². The van der Waals surface area contributed by atoms with E-state index in [9.17, 15) is 14.7 Å². The van der Waals surface area contributed by atoms with Gasteiger partial charge in [0.1, 0.15) is 5.75 Å². The molecule has 0 aromatic heterocycles. The van der Waals surface area contributed by atoms with Crippen molar-refractivity contribution in [3.8, 4) is 5.75 Å². The van der Waals surface area contributed by atoms with E-state index in [1.165, 1.54) is 6.07 Å². The number of amides is 1. The average molecular weight is 277 g/mol. The summed E-state index contributed by atoms with van der Waals surface area (Å²) in [6, 6.07) is 6.42. The number of carboxylic acids is 1.